The molecule has 2 aliphatic heterocycles. The van der Waals surface area contributed by atoms with Crippen LogP contribution in [-0.4, -0.2) is 55.5 Å². The first-order valence-corrected chi connectivity index (χ1v) is 8.65. The highest BCUT2D eigenvalue weighted by atomic mass is 16.6. The van der Waals surface area contributed by atoms with E-state index in [-0.39, 0.29) is 17.5 Å². The van der Waals surface area contributed by atoms with Gasteiger partial charge in [-0.15, -0.1) is 0 Å². The van der Waals surface area contributed by atoms with Crippen molar-refractivity contribution in [1.82, 2.24) is 4.90 Å². The van der Waals surface area contributed by atoms with Crippen molar-refractivity contribution in [2.45, 2.75) is 52.6 Å². The van der Waals surface area contributed by atoms with Crippen LogP contribution in [0.25, 0.3) is 0 Å². The van der Waals surface area contributed by atoms with Crippen molar-refractivity contribution in [2.75, 3.05) is 32.9 Å². The Hall–Kier alpha value is -1.56. The molecule has 0 aromatic heterocycles. The molecule has 0 unspecified atom stereocenters. The maximum Gasteiger partial charge on any atom is 0.410 e. The predicted molar refractivity (Wildman–Crippen MR) is 89.6 cm³/mol. The van der Waals surface area contributed by atoms with Crippen molar-refractivity contribution in [3.05, 3.63) is 11.6 Å². The predicted octanol–water partition coefficient (Wildman–Crippen LogP) is 2.91. The van der Waals surface area contributed by atoms with Crippen LogP contribution in [0.15, 0.2) is 11.6 Å². The fourth-order valence-electron chi connectivity index (χ4n) is 3.34. The second-order valence-corrected chi connectivity index (χ2v) is 7.68. The number of nitrogens with zero attached hydrogens (tertiary/aromatic N) is 1. The van der Waals surface area contributed by atoms with E-state index in [4.69, 9.17) is 14.2 Å². The Bertz CT molecular complexity index is 500. The number of amides is 1. The van der Waals surface area contributed by atoms with Crippen LogP contribution in [0.1, 0.15) is 47.0 Å². The molecule has 2 saturated heterocycles. The minimum atomic E-state index is -0.539. The molecular formula is C18H29NO5. The smallest absolute Gasteiger partial charge is 0.410 e. The molecule has 136 valence electrons. The summed E-state index contributed by atoms with van der Waals surface area (Å²) >= 11 is 0. The average Bonchev–Trinajstić information content (AvgIpc) is 2.46. The number of esters is 1. The second-order valence-electron chi connectivity index (χ2n) is 7.68. The van der Waals surface area contributed by atoms with Crippen LogP contribution >= 0.6 is 0 Å². The fourth-order valence-corrected chi connectivity index (χ4v) is 3.34. The Labute approximate surface area is 144 Å². The molecule has 0 aromatic carbocycles. The lowest BCUT2D eigenvalue weighted by atomic mass is 9.72. The SMILES string of the molecule is CCOC(=O)/C=C1/CN(C(=O)OC(C)(C)C)CC2(CCOCC2)C1. The molecule has 2 heterocycles. The van der Waals surface area contributed by atoms with E-state index < -0.39 is 5.60 Å². The van der Waals surface area contributed by atoms with Crippen molar-refractivity contribution in [3.63, 3.8) is 0 Å². The first-order valence-electron chi connectivity index (χ1n) is 8.65. The zero-order valence-electron chi connectivity index (χ0n) is 15.2. The minimum absolute atomic E-state index is 0.0360. The summed E-state index contributed by atoms with van der Waals surface area (Å²) in [7, 11) is 0. The summed E-state index contributed by atoms with van der Waals surface area (Å²) in [6.07, 6.45) is 3.77. The van der Waals surface area contributed by atoms with Crippen LogP contribution in [0.3, 0.4) is 0 Å². The first-order chi connectivity index (χ1) is 11.2. The number of likely N-dealkylation sites (tertiary alicyclic amines) is 1. The molecule has 0 radical (unpaired) electrons. The lowest BCUT2D eigenvalue weighted by Gasteiger charge is -2.46. The average molecular weight is 339 g/mol. The van der Waals surface area contributed by atoms with Crippen LogP contribution in [-0.2, 0) is 19.0 Å². The highest BCUT2D eigenvalue weighted by molar-refractivity contribution is 5.83. The molecule has 1 spiro atoms. The van der Waals surface area contributed by atoms with Gasteiger partial charge < -0.3 is 19.1 Å². The number of carbonyl (C=O) groups excluding carboxylic acids is 2. The van der Waals surface area contributed by atoms with Gasteiger partial charge in [0.15, 0.2) is 0 Å². The van der Waals surface area contributed by atoms with Crippen molar-refractivity contribution in [3.8, 4) is 0 Å². The van der Waals surface area contributed by atoms with Crippen molar-refractivity contribution < 1.29 is 23.8 Å². The van der Waals surface area contributed by atoms with Crippen molar-refractivity contribution in [1.29, 1.82) is 0 Å². The number of piperidine rings is 1. The third kappa shape index (κ3) is 5.23. The molecule has 24 heavy (non-hydrogen) atoms. The molecule has 0 atom stereocenters. The number of hydrogen-bond donors (Lipinski definition) is 0. The van der Waals surface area contributed by atoms with Crippen LogP contribution in [0.4, 0.5) is 4.79 Å². The van der Waals surface area contributed by atoms with Crippen LogP contribution in [0.2, 0.25) is 0 Å². The van der Waals surface area contributed by atoms with Gasteiger partial charge in [0.2, 0.25) is 0 Å². The zero-order valence-corrected chi connectivity index (χ0v) is 15.2. The van der Waals surface area contributed by atoms with E-state index in [1.807, 2.05) is 20.8 Å². The Kier molecular flexibility index (Phi) is 5.91. The highest BCUT2D eigenvalue weighted by Crippen LogP contribution is 2.41. The molecule has 2 fully saturated rings. The van der Waals surface area contributed by atoms with Crippen LogP contribution in [0, 0.1) is 5.41 Å². The monoisotopic (exact) mass is 339 g/mol. The van der Waals surface area contributed by atoms with Gasteiger partial charge in [0.1, 0.15) is 5.60 Å². The maximum absolute atomic E-state index is 12.5. The highest BCUT2D eigenvalue weighted by Gasteiger charge is 2.41. The molecule has 0 aromatic rings. The minimum Gasteiger partial charge on any atom is -0.463 e. The van der Waals surface area contributed by atoms with E-state index in [0.29, 0.717) is 32.9 Å². The van der Waals surface area contributed by atoms with Gasteiger partial charge in [0.25, 0.3) is 0 Å². The number of ether oxygens (including phenoxy) is 3. The topological polar surface area (TPSA) is 65.1 Å². The largest absolute Gasteiger partial charge is 0.463 e. The van der Waals surface area contributed by atoms with Gasteiger partial charge >= 0.3 is 12.1 Å². The fraction of sp³-hybridized carbons (Fsp3) is 0.778. The standard InChI is InChI=1S/C18H29NO5/c1-5-23-15(20)10-14-11-18(6-8-22-9-7-18)13-19(12-14)16(21)24-17(2,3)4/h10H,5-9,11-13H2,1-4H3/b14-10+. The first kappa shape index (κ1) is 18.8. The van der Waals surface area contributed by atoms with E-state index in [1.165, 1.54) is 6.08 Å². The van der Waals surface area contributed by atoms with Gasteiger partial charge in [0.05, 0.1) is 6.61 Å². The van der Waals surface area contributed by atoms with E-state index in [1.54, 1.807) is 11.8 Å². The third-order valence-corrected chi connectivity index (χ3v) is 4.34. The zero-order chi connectivity index (χ0) is 17.8. The van der Waals surface area contributed by atoms with Crippen molar-refractivity contribution in [2.24, 2.45) is 5.41 Å². The van der Waals surface area contributed by atoms with Gasteiger partial charge in [-0.1, -0.05) is 0 Å². The molecule has 2 rings (SSSR count). The van der Waals surface area contributed by atoms with Gasteiger partial charge in [-0.25, -0.2) is 9.59 Å². The molecule has 0 aliphatic carbocycles. The summed E-state index contributed by atoms with van der Waals surface area (Å²) in [6, 6.07) is 0. The number of hydrogen-bond acceptors (Lipinski definition) is 5. The molecule has 6 nitrogen and oxygen atoms in total. The molecule has 6 heteroatoms. The van der Waals surface area contributed by atoms with Crippen LogP contribution in [0.5, 0.6) is 0 Å². The Morgan fingerprint density at radius 2 is 1.96 bits per heavy atom. The molecule has 0 bridgehead atoms. The Morgan fingerprint density at radius 1 is 1.29 bits per heavy atom. The summed E-state index contributed by atoms with van der Waals surface area (Å²) < 4.78 is 16.0. The van der Waals surface area contributed by atoms with Crippen LogP contribution < -0.4 is 0 Å². The summed E-state index contributed by atoms with van der Waals surface area (Å²) in [6.45, 7) is 10.1. The third-order valence-electron chi connectivity index (χ3n) is 4.34. The summed E-state index contributed by atoms with van der Waals surface area (Å²) in [5.74, 6) is -0.347. The molecule has 0 saturated carbocycles. The lowest BCUT2D eigenvalue weighted by molar-refractivity contribution is -0.137. The Morgan fingerprint density at radius 3 is 2.54 bits per heavy atom. The van der Waals surface area contributed by atoms with Gasteiger partial charge in [-0.05, 0) is 57.9 Å². The summed E-state index contributed by atoms with van der Waals surface area (Å²) in [5, 5.41) is 0. The second kappa shape index (κ2) is 7.55. The van der Waals surface area contributed by atoms with Gasteiger partial charge in [-0.3, -0.25) is 0 Å². The van der Waals surface area contributed by atoms with Gasteiger partial charge in [0, 0.05) is 32.4 Å². The Balaban J connectivity index is 2.18. The summed E-state index contributed by atoms with van der Waals surface area (Å²) in [4.78, 5) is 26.1. The van der Waals surface area contributed by atoms with E-state index in [9.17, 15) is 9.59 Å². The lowest BCUT2D eigenvalue weighted by Crippen LogP contribution is -2.50. The molecule has 2 aliphatic rings. The normalized spacial score (nSPS) is 22.5. The number of rotatable bonds is 2. The summed E-state index contributed by atoms with van der Waals surface area (Å²) in [5.41, 5.74) is 0.348. The quantitative estimate of drug-likeness (QED) is 0.572. The molecular weight excluding hydrogens is 310 g/mol. The maximum atomic E-state index is 12.5. The van der Waals surface area contributed by atoms with E-state index in [2.05, 4.69) is 0 Å². The van der Waals surface area contributed by atoms with Crippen molar-refractivity contribution >= 4 is 12.1 Å². The molecule has 0 N–H and O–H groups in total. The van der Waals surface area contributed by atoms with Gasteiger partial charge in [-0.2, -0.15) is 0 Å². The van der Waals surface area contributed by atoms with E-state index >= 15 is 0 Å². The number of carbonyl (C=O) groups is 2. The molecule has 1 amide bonds. The van der Waals surface area contributed by atoms with E-state index in [0.717, 1.165) is 24.8 Å².